The van der Waals surface area contributed by atoms with E-state index in [-0.39, 0.29) is 23.9 Å². The third kappa shape index (κ3) is 4.94. The van der Waals surface area contributed by atoms with Crippen molar-refractivity contribution in [1.82, 2.24) is 14.3 Å². The summed E-state index contributed by atoms with van der Waals surface area (Å²) in [4.78, 5) is 24.9. The first kappa shape index (κ1) is 25.6. The average molecular weight is 557 g/mol. The Morgan fingerprint density at radius 3 is 2.68 bits per heavy atom. The number of pyridine rings is 1. The fourth-order valence-corrected chi connectivity index (χ4v) is 7.27. The van der Waals surface area contributed by atoms with Gasteiger partial charge >= 0.3 is 0 Å². The summed E-state index contributed by atoms with van der Waals surface area (Å²) >= 11 is 7.68. The first-order valence-corrected chi connectivity index (χ1v) is 14.4. The topological polar surface area (TPSA) is 92.7 Å². The van der Waals surface area contributed by atoms with E-state index in [0.29, 0.717) is 34.4 Å². The molecule has 3 heterocycles. The van der Waals surface area contributed by atoms with E-state index >= 15 is 0 Å². The molecular weight excluding hydrogens is 532 g/mol. The number of thiazole rings is 1. The summed E-state index contributed by atoms with van der Waals surface area (Å²) in [7, 11) is -2.38. The first-order valence-electron chi connectivity index (χ1n) is 11.7. The molecule has 1 fully saturated rings. The highest BCUT2D eigenvalue weighted by atomic mass is 35.5. The predicted molar refractivity (Wildman–Crippen MR) is 145 cm³/mol. The zero-order valence-electron chi connectivity index (χ0n) is 20.3. The lowest BCUT2D eigenvalue weighted by molar-refractivity contribution is -0.121. The normalized spacial score (nSPS) is 16.2. The maximum absolute atomic E-state index is 14.1. The number of nitrogens with zero attached hydrogens (tertiary/aromatic N) is 4. The van der Waals surface area contributed by atoms with Crippen molar-refractivity contribution in [2.75, 3.05) is 18.6 Å². The molecule has 0 aliphatic carbocycles. The van der Waals surface area contributed by atoms with Gasteiger partial charge in [0.2, 0.25) is 15.9 Å². The number of sulfonamides is 1. The number of benzene rings is 2. The number of halogens is 1. The minimum absolute atomic E-state index is 0.120. The van der Waals surface area contributed by atoms with Crippen molar-refractivity contribution in [1.29, 1.82) is 0 Å². The Morgan fingerprint density at radius 2 is 1.97 bits per heavy atom. The van der Waals surface area contributed by atoms with Crippen LogP contribution in [0.2, 0.25) is 5.02 Å². The lowest BCUT2D eigenvalue weighted by atomic mass is 10.2. The molecule has 8 nitrogen and oxygen atoms in total. The van der Waals surface area contributed by atoms with Crippen molar-refractivity contribution in [3.8, 4) is 5.75 Å². The highest BCUT2D eigenvalue weighted by molar-refractivity contribution is 7.89. The first-order chi connectivity index (χ1) is 17.8. The van der Waals surface area contributed by atoms with Crippen molar-refractivity contribution in [2.24, 2.45) is 0 Å². The summed E-state index contributed by atoms with van der Waals surface area (Å²) in [6.45, 7) is 2.31. The van der Waals surface area contributed by atoms with Crippen molar-refractivity contribution in [2.45, 2.75) is 37.2 Å². The quantitative estimate of drug-likeness (QED) is 0.316. The molecule has 5 rings (SSSR count). The largest absolute Gasteiger partial charge is 0.497 e. The molecular formula is C26H25ClN4O4S2. The van der Waals surface area contributed by atoms with E-state index in [4.69, 9.17) is 21.3 Å². The molecule has 1 atom stereocenters. The second-order valence-electron chi connectivity index (χ2n) is 8.71. The van der Waals surface area contributed by atoms with Crippen LogP contribution in [0.4, 0.5) is 5.13 Å². The Kier molecular flexibility index (Phi) is 7.17. The SMILES string of the molecule is COc1ccc(S(=O)(=O)N2CCCC2C(=O)N(Cc2ccccn2)c2nc3c(C)c(Cl)ccc3s2)cc1. The van der Waals surface area contributed by atoms with Gasteiger partial charge in [0.25, 0.3) is 0 Å². The number of hydrogen-bond donors (Lipinski definition) is 0. The zero-order chi connectivity index (χ0) is 26.2. The number of rotatable bonds is 7. The number of aromatic nitrogens is 2. The van der Waals surface area contributed by atoms with Crippen LogP contribution < -0.4 is 9.64 Å². The van der Waals surface area contributed by atoms with E-state index in [1.807, 2.05) is 31.2 Å². The van der Waals surface area contributed by atoms with E-state index in [1.54, 1.807) is 29.3 Å². The molecule has 4 aromatic rings. The van der Waals surface area contributed by atoms with E-state index in [9.17, 15) is 13.2 Å². The van der Waals surface area contributed by atoms with Gasteiger partial charge in [-0.1, -0.05) is 29.0 Å². The molecule has 0 spiro atoms. The zero-order valence-corrected chi connectivity index (χ0v) is 22.7. The Bertz CT molecular complexity index is 1540. The maximum Gasteiger partial charge on any atom is 0.247 e. The number of hydrogen-bond acceptors (Lipinski definition) is 7. The van der Waals surface area contributed by atoms with Crippen molar-refractivity contribution in [3.05, 3.63) is 77.1 Å². The van der Waals surface area contributed by atoms with Gasteiger partial charge in [0.05, 0.1) is 34.5 Å². The van der Waals surface area contributed by atoms with Crippen LogP contribution in [0.1, 0.15) is 24.1 Å². The summed E-state index contributed by atoms with van der Waals surface area (Å²) in [6, 6.07) is 14.5. The highest BCUT2D eigenvalue weighted by Crippen LogP contribution is 2.36. The second kappa shape index (κ2) is 10.4. The van der Waals surface area contributed by atoms with E-state index < -0.39 is 16.1 Å². The van der Waals surface area contributed by atoms with E-state index in [1.165, 1.54) is 34.9 Å². The Hall–Kier alpha value is -3.05. The lowest BCUT2D eigenvalue weighted by Crippen LogP contribution is -2.47. The molecule has 1 aliphatic heterocycles. The molecule has 11 heteroatoms. The van der Waals surface area contributed by atoms with Crippen LogP contribution in [0.15, 0.2) is 65.7 Å². The number of ether oxygens (including phenoxy) is 1. The van der Waals surface area contributed by atoms with Crippen molar-refractivity contribution >= 4 is 54.2 Å². The number of carbonyl (C=O) groups is 1. The van der Waals surface area contributed by atoms with Gasteiger partial charge < -0.3 is 4.74 Å². The van der Waals surface area contributed by atoms with Crippen LogP contribution in [0.5, 0.6) is 5.75 Å². The maximum atomic E-state index is 14.1. The van der Waals surface area contributed by atoms with E-state index in [2.05, 4.69) is 4.98 Å². The number of fused-ring (bicyclic) bond motifs is 1. The number of anilines is 1. The number of aryl methyl sites for hydroxylation is 1. The monoisotopic (exact) mass is 556 g/mol. The van der Waals surface area contributed by atoms with Gasteiger partial charge in [-0.3, -0.25) is 14.7 Å². The third-order valence-corrected chi connectivity index (χ3v) is 9.81. The molecule has 1 unspecified atom stereocenters. The molecule has 0 N–H and O–H groups in total. The van der Waals surface area contributed by atoms with Gasteiger partial charge in [-0.25, -0.2) is 13.4 Å². The molecule has 0 saturated carbocycles. The number of carbonyl (C=O) groups excluding carboxylic acids is 1. The number of amides is 1. The average Bonchev–Trinajstić information content (AvgIpc) is 3.58. The van der Waals surface area contributed by atoms with Gasteiger partial charge in [0, 0.05) is 17.8 Å². The molecule has 0 bridgehead atoms. The molecule has 37 heavy (non-hydrogen) atoms. The smallest absolute Gasteiger partial charge is 0.247 e. The van der Waals surface area contributed by atoms with Crippen LogP contribution in [-0.4, -0.2) is 48.3 Å². The van der Waals surface area contributed by atoms with Crippen LogP contribution in [0.25, 0.3) is 10.2 Å². The molecule has 192 valence electrons. The van der Waals surface area contributed by atoms with E-state index in [0.717, 1.165) is 15.8 Å². The van der Waals surface area contributed by atoms with Gasteiger partial charge in [0.1, 0.15) is 11.8 Å². The van der Waals surface area contributed by atoms with Crippen molar-refractivity contribution < 1.29 is 17.9 Å². The van der Waals surface area contributed by atoms with Crippen LogP contribution in [0.3, 0.4) is 0 Å². The second-order valence-corrected chi connectivity index (χ2v) is 12.0. The molecule has 2 aromatic heterocycles. The molecule has 1 saturated heterocycles. The molecule has 2 aromatic carbocycles. The van der Waals surface area contributed by atoms with Crippen LogP contribution >= 0.6 is 22.9 Å². The van der Waals surface area contributed by atoms with Gasteiger partial charge in [-0.15, -0.1) is 0 Å². The van der Waals surface area contributed by atoms with Gasteiger partial charge in [-0.2, -0.15) is 4.31 Å². The Balaban J connectivity index is 1.52. The summed E-state index contributed by atoms with van der Waals surface area (Å²) in [5.41, 5.74) is 2.23. The van der Waals surface area contributed by atoms with Crippen LogP contribution in [-0.2, 0) is 21.4 Å². The molecule has 1 amide bonds. The van der Waals surface area contributed by atoms with Gasteiger partial charge in [-0.05, 0) is 73.9 Å². The van der Waals surface area contributed by atoms with Crippen molar-refractivity contribution in [3.63, 3.8) is 0 Å². The number of methoxy groups -OCH3 is 1. The highest BCUT2D eigenvalue weighted by Gasteiger charge is 2.42. The van der Waals surface area contributed by atoms with Gasteiger partial charge in [0.15, 0.2) is 5.13 Å². The predicted octanol–water partition coefficient (Wildman–Crippen LogP) is 5.05. The molecule has 1 aliphatic rings. The Morgan fingerprint density at radius 1 is 1.19 bits per heavy atom. The fraction of sp³-hybridized carbons (Fsp3) is 0.269. The standard InChI is InChI=1S/C26H25ClN4O4S2/c1-17-21(27)12-13-23-24(17)29-26(36-23)30(16-18-6-3-4-14-28-18)25(32)22-7-5-15-31(22)37(33,34)20-10-8-19(35-2)9-11-20/h3-4,6,8-14,22H,5,7,15-16H2,1-2H3. The Labute approximate surface area is 224 Å². The lowest BCUT2D eigenvalue weighted by Gasteiger charge is -2.28. The minimum Gasteiger partial charge on any atom is -0.497 e. The minimum atomic E-state index is -3.90. The fourth-order valence-electron chi connectivity index (χ4n) is 4.44. The van der Waals surface area contributed by atoms with Crippen LogP contribution in [0, 0.1) is 6.92 Å². The summed E-state index contributed by atoms with van der Waals surface area (Å²) < 4.78 is 34.5. The summed E-state index contributed by atoms with van der Waals surface area (Å²) in [6.07, 6.45) is 2.66. The summed E-state index contributed by atoms with van der Waals surface area (Å²) in [5.74, 6) is 0.226. The summed E-state index contributed by atoms with van der Waals surface area (Å²) in [5, 5.41) is 1.07. The molecule has 0 radical (unpaired) electrons. The third-order valence-electron chi connectivity index (χ3n) is 6.43.